The molecule has 0 unspecified atom stereocenters. The molecule has 0 fully saturated rings. The second-order valence-corrected chi connectivity index (χ2v) is 6.66. The van der Waals surface area contributed by atoms with E-state index < -0.39 is 29.6 Å². The maximum absolute atomic E-state index is 12.8. The second kappa shape index (κ2) is 9.55. The summed E-state index contributed by atoms with van der Waals surface area (Å²) < 4.78 is 9.91. The van der Waals surface area contributed by atoms with Crippen molar-refractivity contribution in [3.63, 3.8) is 0 Å². The number of carbonyl (C=O) groups is 3. The van der Waals surface area contributed by atoms with Crippen LogP contribution in [0.4, 0.5) is 4.79 Å². The zero-order valence-corrected chi connectivity index (χ0v) is 16.1. The highest BCUT2D eigenvalue weighted by atomic mass is 16.5. The highest BCUT2D eigenvalue weighted by Crippen LogP contribution is 2.16. The Morgan fingerprint density at radius 2 is 1.54 bits per heavy atom. The molecular weight excluding hydrogens is 360 g/mol. The van der Waals surface area contributed by atoms with Gasteiger partial charge in [0.2, 0.25) is 5.91 Å². The molecule has 7 heteroatoms. The molecule has 28 heavy (non-hydrogen) atoms. The Morgan fingerprint density at radius 1 is 0.964 bits per heavy atom. The molecule has 1 atom stereocenters. The molecule has 2 rings (SSSR count). The molecule has 0 aliphatic rings. The molecule has 2 N–H and O–H groups in total. The molecule has 0 aliphatic heterocycles. The fourth-order valence-electron chi connectivity index (χ4n) is 2.51. The van der Waals surface area contributed by atoms with Crippen molar-refractivity contribution >= 4 is 18.0 Å². The Balaban J connectivity index is 2.10. The van der Waals surface area contributed by atoms with Gasteiger partial charge in [-0.05, 0) is 25.0 Å². The molecule has 0 bridgehead atoms. The van der Waals surface area contributed by atoms with Crippen LogP contribution in [-0.4, -0.2) is 30.6 Å². The molecule has 7 nitrogen and oxygen atoms in total. The second-order valence-electron chi connectivity index (χ2n) is 6.66. The van der Waals surface area contributed by atoms with Crippen LogP contribution in [0.25, 0.3) is 0 Å². The number of nitrogens with one attached hydrogen (secondary N) is 2. The number of hydrogen-bond donors (Lipinski definition) is 2. The zero-order valence-electron chi connectivity index (χ0n) is 16.1. The number of hydrogen-bond acceptors (Lipinski definition) is 5. The standard InChI is InChI=1S/C21H24N2O5/c1-21(2,19(25)27-3)23-18(24)17(16-12-8-5-9-13-16)22-20(26)28-14-15-10-6-4-7-11-15/h4-13,17H,14H2,1-3H3,(H,22,26)(H,23,24)/t17-/m1/s1. The van der Waals surface area contributed by atoms with Crippen molar-refractivity contribution in [1.29, 1.82) is 0 Å². The molecule has 2 amide bonds. The van der Waals surface area contributed by atoms with Crippen LogP contribution < -0.4 is 10.6 Å². The summed E-state index contributed by atoms with van der Waals surface area (Å²) in [5.41, 5.74) is 0.122. The van der Waals surface area contributed by atoms with Crippen molar-refractivity contribution < 1.29 is 23.9 Å². The van der Waals surface area contributed by atoms with Gasteiger partial charge in [-0.1, -0.05) is 60.7 Å². The van der Waals surface area contributed by atoms with Crippen molar-refractivity contribution in [2.75, 3.05) is 7.11 Å². The SMILES string of the molecule is COC(=O)C(C)(C)NC(=O)[C@H](NC(=O)OCc1ccccc1)c1ccccc1. The molecule has 0 spiro atoms. The fourth-order valence-corrected chi connectivity index (χ4v) is 2.51. The first-order chi connectivity index (χ1) is 13.3. The summed E-state index contributed by atoms with van der Waals surface area (Å²) in [5, 5.41) is 5.16. The number of amides is 2. The number of benzene rings is 2. The van der Waals surface area contributed by atoms with Crippen LogP contribution in [0.15, 0.2) is 60.7 Å². The Hall–Kier alpha value is -3.35. The van der Waals surface area contributed by atoms with E-state index in [1.807, 2.05) is 30.3 Å². The van der Waals surface area contributed by atoms with Crippen LogP contribution in [0, 0.1) is 0 Å². The average molecular weight is 384 g/mol. The Kier molecular flexibility index (Phi) is 7.14. The minimum absolute atomic E-state index is 0.0729. The van der Waals surface area contributed by atoms with Crippen LogP contribution in [0.3, 0.4) is 0 Å². The van der Waals surface area contributed by atoms with E-state index in [0.717, 1.165) is 5.56 Å². The lowest BCUT2D eigenvalue weighted by atomic mass is 10.0. The molecule has 0 radical (unpaired) electrons. The highest BCUT2D eigenvalue weighted by molar-refractivity contribution is 5.92. The Bertz CT molecular complexity index is 806. The fraction of sp³-hybridized carbons (Fsp3) is 0.286. The summed E-state index contributed by atoms with van der Waals surface area (Å²) in [7, 11) is 1.24. The molecule has 148 valence electrons. The minimum Gasteiger partial charge on any atom is -0.467 e. The third-order valence-electron chi connectivity index (χ3n) is 4.00. The number of ether oxygens (including phenoxy) is 2. The number of alkyl carbamates (subject to hydrolysis) is 1. The van der Waals surface area contributed by atoms with Crippen molar-refractivity contribution in [3.05, 3.63) is 71.8 Å². The summed E-state index contributed by atoms with van der Waals surface area (Å²) in [6.45, 7) is 3.11. The van der Waals surface area contributed by atoms with Crippen LogP contribution in [0.5, 0.6) is 0 Å². The van der Waals surface area contributed by atoms with Gasteiger partial charge in [0.05, 0.1) is 7.11 Å². The average Bonchev–Trinajstić information content (AvgIpc) is 2.70. The van der Waals surface area contributed by atoms with Crippen molar-refractivity contribution in [3.8, 4) is 0 Å². The molecule has 0 aliphatic carbocycles. The molecule has 0 aromatic heterocycles. The van der Waals surface area contributed by atoms with E-state index >= 15 is 0 Å². The Morgan fingerprint density at radius 3 is 2.11 bits per heavy atom. The van der Waals surface area contributed by atoms with Crippen LogP contribution >= 0.6 is 0 Å². The highest BCUT2D eigenvalue weighted by Gasteiger charge is 2.34. The number of carbonyl (C=O) groups excluding carboxylic acids is 3. The van der Waals surface area contributed by atoms with E-state index in [1.54, 1.807) is 30.3 Å². The summed E-state index contributed by atoms with van der Waals surface area (Å²) in [6, 6.07) is 16.9. The molecule has 0 saturated carbocycles. The lowest BCUT2D eigenvalue weighted by Crippen LogP contribution is -2.53. The van der Waals surface area contributed by atoms with Gasteiger partial charge in [0.25, 0.3) is 0 Å². The van der Waals surface area contributed by atoms with Gasteiger partial charge in [0, 0.05) is 0 Å². The molecule has 2 aromatic rings. The van der Waals surface area contributed by atoms with E-state index in [4.69, 9.17) is 9.47 Å². The molecule has 2 aromatic carbocycles. The summed E-state index contributed by atoms with van der Waals surface area (Å²) in [5.74, 6) is -1.16. The lowest BCUT2D eigenvalue weighted by Gasteiger charge is -2.26. The van der Waals surface area contributed by atoms with E-state index in [0.29, 0.717) is 5.56 Å². The predicted molar refractivity (Wildman–Crippen MR) is 103 cm³/mol. The molecule has 0 saturated heterocycles. The zero-order chi connectivity index (χ0) is 20.6. The van der Waals surface area contributed by atoms with Gasteiger partial charge in [-0.2, -0.15) is 0 Å². The van der Waals surface area contributed by atoms with Crippen molar-refractivity contribution in [2.45, 2.75) is 32.0 Å². The molecular formula is C21H24N2O5. The third kappa shape index (κ3) is 5.84. The van der Waals surface area contributed by atoms with E-state index in [2.05, 4.69) is 10.6 Å². The molecule has 0 heterocycles. The minimum atomic E-state index is -1.26. The summed E-state index contributed by atoms with van der Waals surface area (Å²) in [6.07, 6.45) is -0.747. The summed E-state index contributed by atoms with van der Waals surface area (Å²) >= 11 is 0. The van der Waals surface area contributed by atoms with Gasteiger partial charge in [-0.25, -0.2) is 9.59 Å². The van der Waals surface area contributed by atoms with Gasteiger partial charge < -0.3 is 20.1 Å². The van der Waals surface area contributed by atoms with Gasteiger partial charge in [-0.15, -0.1) is 0 Å². The van der Waals surface area contributed by atoms with Crippen LogP contribution in [0.2, 0.25) is 0 Å². The van der Waals surface area contributed by atoms with Gasteiger partial charge in [0.15, 0.2) is 0 Å². The van der Waals surface area contributed by atoms with E-state index in [1.165, 1.54) is 21.0 Å². The maximum Gasteiger partial charge on any atom is 0.408 e. The normalized spacial score (nSPS) is 11.8. The van der Waals surface area contributed by atoms with Crippen molar-refractivity contribution in [2.24, 2.45) is 0 Å². The lowest BCUT2D eigenvalue weighted by molar-refractivity contribution is -0.149. The number of rotatable bonds is 7. The predicted octanol–water partition coefficient (Wildman–Crippen LogP) is 2.72. The number of esters is 1. The van der Waals surface area contributed by atoms with Gasteiger partial charge in [-0.3, -0.25) is 4.79 Å². The van der Waals surface area contributed by atoms with E-state index in [-0.39, 0.29) is 6.61 Å². The third-order valence-corrected chi connectivity index (χ3v) is 4.00. The maximum atomic E-state index is 12.8. The van der Waals surface area contributed by atoms with Crippen LogP contribution in [0.1, 0.15) is 31.0 Å². The van der Waals surface area contributed by atoms with Gasteiger partial charge in [0.1, 0.15) is 18.2 Å². The first-order valence-electron chi connectivity index (χ1n) is 8.76. The first kappa shape index (κ1) is 21.0. The quantitative estimate of drug-likeness (QED) is 0.716. The van der Waals surface area contributed by atoms with E-state index in [9.17, 15) is 14.4 Å². The van der Waals surface area contributed by atoms with Crippen molar-refractivity contribution in [1.82, 2.24) is 10.6 Å². The number of methoxy groups -OCH3 is 1. The van der Waals surface area contributed by atoms with Gasteiger partial charge >= 0.3 is 12.1 Å². The smallest absolute Gasteiger partial charge is 0.408 e. The summed E-state index contributed by atoms with van der Waals surface area (Å²) in [4.78, 5) is 36.9. The Labute approximate surface area is 164 Å². The monoisotopic (exact) mass is 384 g/mol. The largest absolute Gasteiger partial charge is 0.467 e. The topological polar surface area (TPSA) is 93.7 Å². The first-order valence-corrected chi connectivity index (χ1v) is 8.76. The van der Waals surface area contributed by atoms with Crippen LogP contribution in [-0.2, 0) is 25.7 Å².